The van der Waals surface area contributed by atoms with Gasteiger partial charge in [0.15, 0.2) is 9.84 Å². The molecular weight excluding hydrogens is 331 g/mol. The Hall–Kier alpha value is -0.350. The minimum Gasteiger partial charge on any atom is -0.228 e. The van der Waals surface area contributed by atoms with Crippen molar-refractivity contribution >= 4 is 19.9 Å². The smallest absolute Gasteiger partial charge is 0.228 e. The van der Waals surface area contributed by atoms with E-state index >= 15 is 0 Å². The lowest BCUT2D eigenvalue weighted by atomic mass is 9.81. The van der Waals surface area contributed by atoms with Crippen LogP contribution in [0.5, 0.6) is 0 Å². The summed E-state index contributed by atoms with van der Waals surface area (Å²) in [6.07, 6.45) is -4.24. The maximum absolute atomic E-state index is 13.5. The number of sulfonamides is 1. The van der Waals surface area contributed by atoms with Crippen LogP contribution >= 0.6 is 0 Å². The third-order valence-electron chi connectivity index (χ3n) is 4.80. The Morgan fingerprint density at radius 3 is 2.29 bits per heavy atom. The van der Waals surface area contributed by atoms with E-state index in [4.69, 9.17) is 0 Å². The highest BCUT2D eigenvalue weighted by molar-refractivity contribution is 7.92. The van der Waals surface area contributed by atoms with Crippen LogP contribution in [0.1, 0.15) is 25.7 Å². The summed E-state index contributed by atoms with van der Waals surface area (Å²) in [6.45, 7) is -1.31. The second kappa shape index (κ2) is 4.35. The van der Waals surface area contributed by atoms with Gasteiger partial charge in [0.25, 0.3) is 0 Å². The molecule has 0 unspecified atom stereocenters. The number of fused-ring (bicyclic) bond motifs is 1. The summed E-state index contributed by atoms with van der Waals surface area (Å²) in [7, 11) is -7.73. The van der Waals surface area contributed by atoms with Crippen LogP contribution < -0.4 is 0 Å². The van der Waals surface area contributed by atoms with Gasteiger partial charge in [-0.1, -0.05) is 0 Å². The van der Waals surface area contributed by atoms with Crippen LogP contribution in [0.3, 0.4) is 0 Å². The average molecular weight is 347 g/mol. The highest BCUT2D eigenvalue weighted by atomic mass is 32.2. The molecule has 0 spiro atoms. The molecule has 0 radical (unpaired) electrons. The number of alkyl halides is 3. The minimum absolute atomic E-state index is 0.0738. The van der Waals surface area contributed by atoms with Gasteiger partial charge in [-0.05, 0) is 25.7 Å². The molecule has 0 amide bonds. The molecule has 0 bridgehead atoms. The Kier molecular flexibility index (Phi) is 3.22. The van der Waals surface area contributed by atoms with Crippen molar-refractivity contribution in [2.45, 2.75) is 42.4 Å². The van der Waals surface area contributed by atoms with Gasteiger partial charge in [0, 0.05) is 13.1 Å². The van der Waals surface area contributed by atoms with E-state index in [-0.39, 0.29) is 18.6 Å². The SMILES string of the molecule is O=S1(=O)CCC[C@@]2(C(F)(F)F)CN(S(=O)(=O)C3CC3)C[C@H]21. The molecule has 0 aromatic rings. The Bertz CT molecular complexity index is 653. The van der Waals surface area contributed by atoms with Crippen LogP contribution in [-0.2, 0) is 19.9 Å². The molecule has 21 heavy (non-hydrogen) atoms. The Balaban J connectivity index is 2.04. The molecule has 0 aromatic carbocycles. The molecule has 3 rings (SSSR count). The summed E-state index contributed by atoms with van der Waals surface area (Å²) in [5, 5.41) is -2.29. The zero-order valence-corrected chi connectivity index (χ0v) is 12.8. The van der Waals surface area contributed by atoms with Gasteiger partial charge in [-0.3, -0.25) is 0 Å². The average Bonchev–Trinajstić information content (AvgIpc) is 3.08. The maximum atomic E-state index is 13.5. The number of sulfone groups is 1. The topological polar surface area (TPSA) is 71.5 Å². The molecule has 1 saturated carbocycles. The van der Waals surface area contributed by atoms with Crippen molar-refractivity contribution in [2.24, 2.45) is 5.41 Å². The van der Waals surface area contributed by atoms with Crippen LogP contribution in [0.4, 0.5) is 13.2 Å². The number of hydrogen-bond donors (Lipinski definition) is 0. The van der Waals surface area contributed by atoms with Gasteiger partial charge in [0.05, 0.1) is 21.7 Å². The molecule has 2 aliphatic heterocycles. The summed E-state index contributed by atoms with van der Waals surface area (Å²) in [5.41, 5.74) is -2.44. The lowest BCUT2D eigenvalue weighted by Gasteiger charge is -2.39. The number of hydrogen-bond acceptors (Lipinski definition) is 4. The van der Waals surface area contributed by atoms with Crippen LogP contribution in [0.25, 0.3) is 0 Å². The Morgan fingerprint density at radius 1 is 1.19 bits per heavy atom. The monoisotopic (exact) mass is 347 g/mol. The second-order valence-electron chi connectivity index (χ2n) is 6.15. The molecule has 10 heteroatoms. The van der Waals surface area contributed by atoms with Crippen molar-refractivity contribution in [3.05, 3.63) is 0 Å². The molecule has 122 valence electrons. The largest absolute Gasteiger partial charge is 0.397 e. The molecule has 3 aliphatic rings. The molecule has 1 aliphatic carbocycles. The fourth-order valence-corrected chi connectivity index (χ4v) is 7.72. The van der Waals surface area contributed by atoms with Gasteiger partial charge in [-0.25, -0.2) is 16.8 Å². The quantitative estimate of drug-likeness (QED) is 0.745. The predicted octanol–water partition coefficient (Wildman–Crippen LogP) is 0.920. The minimum atomic E-state index is -4.72. The van der Waals surface area contributed by atoms with E-state index in [1.54, 1.807) is 0 Å². The van der Waals surface area contributed by atoms with Crippen molar-refractivity contribution in [3.8, 4) is 0 Å². The van der Waals surface area contributed by atoms with E-state index in [2.05, 4.69) is 0 Å². The van der Waals surface area contributed by atoms with E-state index in [0.29, 0.717) is 12.8 Å². The maximum Gasteiger partial charge on any atom is 0.397 e. The predicted molar refractivity (Wildman–Crippen MR) is 68.8 cm³/mol. The van der Waals surface area contributed by atoms with Gasteiger partial charge in [0.1, 0.15) is 0 Å². The molecule has 3 fully saturated rings. The lowest BCUT2D eigenvalue weighted by molar-refractivity contribution is -0.220. The molecule has 2 atom stereocenters. The van der Waals surface area contributed by atoms with Gasteiger partial charge in [0.2, 0.25) is 10.0 Å². The summed E-state index contributed by atoms with van der Waals surface area (Å²) < 4.78 is 89.8. The van der Waals surface area contributed by atoms with Crippen LogP contribution in [0.15, 0.2) is 0 Å². The molecule has 0 aromatic heterocycles. The van der Waals surface area contributed by atoms with Gasteiger partial charge in [-0.15, -0.1) is 0 Å². The normalized spacial score (nSPS) is 37.4. The van der Waals surface area contributed by atoms with E-state index in [1.807, 2.05) is 0 Å². The van der Waals surface area contributed by atoms with Crippen LogP contribution in [0, 0.1) is 5.41 Å². The van der Waals surface area contributed by atoms with Gasteiger partial charge >= 0.3 is 6.18 Å². The lowest BCUT2D eigenvalue weighted by Crippen LogP contribution is -2.53. The fourth-order valence-electron chi connectivity index (χ4n) is 3.45. The summed E-state index contributed by atoms with van der Waals surface area (Å²) in [4.78, 5) is 0. The summed E-state index contributed by atoms with van der Waals surface area (Å²) in [5.74, 6) is -0.299. The number of rotatable bonds is 2. The first kappa shape index (κ1) is 15.5. The first-order chi connectivity index (χ1) is 9.51. The van der Waals surface area contributed by atoms with Crippen LogP contribution in [-0.4, -0.2) is 56.7 Å². The van der Waals surface area contributed by atoms with Crippen molar-refractivity contribution in [1.82, 2.24) is 4.31 Å². The highest BCUT2D eigenvalue weighted by Crippen LogP contribution is 2.54. The van der Waals surface area contributed by atoms with E-state index in [9.17, 15) is 30.0 Å². The third-order valence-corrected chi connectivity index (χ3v) is 9.44. The van der Waals surface area contributed by atoms with E-state index in [0.717, 1.165) is 4.31 Å². The van der Waals surface area contributed by atoms with E-state index < -0.39 is 55.0 Å². The summed E-state index contributed by atoms with van der Waals surface area (Å²) in [6, 6.07) is 0. The standard InChI is InChI=1S/C11H16F3NO4S2/c12-11(13,14)10-4-1-5-20(16,17)9(10)6-15(7-10)21(18,19)8-2-3-8/h8-9H,1-7H2/t9-,10-/m1/s1. The van der Waals surface area contributed by atoms with Crippen molar-refractivity contribution < 1.29 is 30.0 Å². The Labute approximate surface area is 121 Å². The molecule has 2 saturated heterocycles. The Morgan fingerprint density at radius 2 is 1.81 bits per heavy atom. The number of halogens is 3. The van der Waals surface area contributed by atoms with Crippen LogP contribution in [0.2, 0.25) is 0 Å². The highest BCUT2D eigenvalue weighted by Gasteiger charge is 2.69. The zero-order chi connectivity index (χ0) is 15.7. The van der Waals surface area contributed by atoms with Gasteiger partial charge in [-0.2, -0.15) is 17.5 Å². The first-order valence-corrected chi connectivity index (χ1v) is 10.00. The second-order valence-corrected chi connectivity index (χ2v) is 10.7. The van der Waals surface area contributed by atoms with Crippen molar-refractivity contribution in [2.75, 3.05) is 18.8 Å². The zero-order valence-electron chi connectivity index (χ0n) is 11.1. The molecular formula is C11H16F3NO4S2. The first-order valence-electron chi connectivity index (χ1n) is 6.78. The van der Waals surface area contributed by atoms with E-state index in [1.165, 1.54) is 0 Å². The third kappa shape index (κ3) is 2.21. The number of nitrogens with zero attached hydrogens (tertiary/aromatic N) is 1. The fraction of sp³-hybridized carbons (Fsp3) is 1.00. The summed E-state index contributed by atoms with van der Waals surface area (Å²) >= 11 is 0. The van der Waals surface area contributed by atoms with Crippen molar-refractivity contribution in [3.63, 3.8) is 0 Å². The molecule has 2 heterocycles. The molecule has 0 N–H and O–H groups in total. The van der Waals surface area contributed by atoms with Gasteiger partial charge < -0.3 is 0 Å². The molecule has 5 nitrogen and oxygen atoms in total. The van der Waals surface area contributed by atoms with Crippen molar-refractivity contribution in [1.29, 1.82) is 0 Å².